The monoisotopic (exact) mass is 331 g/mol. The van der Waals surface area contributed by atoms with Gasteiger partial charge in [-0.25, -0.2) is 9.78 Å². The summed E-state index contributed by atoms with van der Waals surface area (Å²) in [5.41, 5.74) is 1.09. The van der Waals surface area contributed by atoms with Crippen LogP contribution in [0.15, 0.2) is 30.6 Å². The molecule has 0 unspecified atom stereocenters. The molecule has 122 valence electrons. The van der Waals surface area contributed by atoms with Crippen molar-refractivity contribution in [2.75, 3.05) is 18.1 Å². The minimum absolute atomic E-state index is 0.209. The second-order valence-corrected chi connectivity index (χ2v) is 7.14. The van der Waals surface area contributed by atoms with E-state index >= 15 is 0 Å². The molecule has 23 heavy (non-hydrogen) atoms. The highest BCUT2D eigenvalue weighted by atomic mass is 32.2. The lowest BCUT2D eigenvalue weighted by molar-refractivity contribution is 0.247. The quantitative estimate of drug-likeness (QED) is 0.883. The lowest BCUT2D eigenvalue weighted by atomic mass is 9.84. The molecule has 1 saturated carbocycles. The summed E-state index contributed by atoms with van der Waals surface area (Å²) in [5, 5.41) is 10.1. The molecular weight excluding hydrogens is 310 g/mol. The van der Waals surface area contributed by atoms with Crippen molar-refractivity contribution < 1.29 is 4.79 Å². The maximum Gasteiger partial charge on any atom is 0.320 e. The molecule has 6 nitrogen and oxygen atoms in total. The fourth-order valence-corrected chi connectivity index (χ4v) is 3.56. The lowest BCUT2D eigenvalue weighted by Gasteiger charge is -2.40. The Hall–Kier alpha value is -2.02. The van der Waals surface area contributed by atoms with Gasteiger partial charge in [0, 0.05) is 23.6 Å². The Morgan fingerprint density at radius 2 is 2.22 bits per heavy atom. The lowest BCUT2D eigenvalue weighted by Crippen LogP contribution is -2.46. The number of nitrogens with one attached hydrogen (secondary N) is 2. The van der Waals surface area contributed by atoms with E-state index in [4.69, 9.17) is 0 Å². The Bertz CT molecular complexity index is 690. The number of urea groups is 1. The van der Waals surface area contributed by atoms with E-state index in [2.05, 4.69) is 27.0 Å². The number of aryl methyl sites for hydroxylation is 1. The summed E-state index contributed by atoms with van der Waals surface area (Å²) in [7, 11) is 0. The van der Waals surface area contributed by atoms with Gasteiger partial charge < -0.3 is 5.32 Å². The van der Waals surface area contributed by atoms with Crippen molar-refractivity contribution in [1.82, 2.24) is 20.1 Å². The molecule has 0 saturated heterocycles. The minimum atomic E-state index is -0.209. The summed E-state index contributed by atoms with van der Waals surface area (Å²) in [6.45, 7) is 2.69. The zero-order chi connectivity index (χ0) is 16.3. The molecule has 0 radical (unpaired) electrons. The summed E-state index contributed by atoms with van der Waals surface area (Å²) in [6.07, 6.45) is 9.07. The van der Waals surface area contributed by atoms with Crippen LogP contribution in [0.25, 0.3) is 5.82 Å². The van der Waals surface area contributed by atoms with E-state index < -0.39 is 0 Å². The number of amides is 2. The number of aromatic nitrogens is 3. The van der Waals surface area contributed by atoms with Gasteiger partial charge in [-0.1, -0.05) is 6.42 Å². The molecule has 3 rings (SSSR count). The molecule has 2 aromatic heterocycles. The van der Waals surface area contributed by atoms with Crippen LogP contribution in [-0.4, -0.2) is 38.3 Å². The van der Waals surface area contributed by atoms with Crippen molar-refractivity contribution in [3.63, 3.8) is 0 Å². The molecule has 1 aliphatic rings. The van der Waals surface area contributed by atoms with Gasteiger partial charge in [-0.3, -0.25) is 5.32 Å². The predicted octanol–water partition coefficient (Wildman–Crippen LogP) is 2.98. The van der Waals surface area contributed by atoms with Crippen LogP contribution in [0.5, 0.6) is 0 Å². The molecular formula is C16H21N5OS. The summed E-state index contributed by atoms with van der Waals surface area (Å²) in [5.74, 6) is 1.29. The largest absolute Gasteiger partial charge is 0.336 e. The Balaban J connectivity index is 1.64. The smallest absolute Gasteiger partial charge is 0.320 e. The Kier molecular flexibility index (Phi) is 4.56. The fraction of sp³-hybridized carbons (Fsp3) is 0.438. The van der Waals surface area contributed by atoms with Crippen LogP contribution in [0.1, 0.15) is 24.8 Å². The van der Waals surface area contributed by atoms with Crippen molar-refractivity contribution in [3.8, 4) is 5.82 Å². The molecule has 1 aliphatic carbocycles. The molecule has 0 aromatic carbocycles. The van der Waals surface area contributed by atoms with E-state index in [9.17, 15) is 4.79 Å². The zero-order valence-corrected chi connectivity index (χ0v) is 14.2. The van der Waals surface area contributed by atoms with Crippen molar-refractivity contribution in [1.29, 1.82) is 0 Å². The fourth-order valence-electron chi connectivity index (χ4n) is 2.64. The highest BCUT2D eigenvalue weighted by Crippen LogP contribution is 2.42. The van der Waals surface area contributed by atoms with Crippen molar-refractivity contribution >= 4 is 23.6 Å². The average Bonchev–Trinajstić information content (AvgIpc) is 2.94. The van der Waals surface area contributed by atoms with E-state index in [0.29, 0.717) is 18.2 Å². The third-order valence-electron chi connectivity index (χ3n) is 4.27. The van der Waals surface area contributed by atoms with Crippen LogP contribution in [0, 0.1) is 6.92 Å². The first-order chi connectivity index (χ1) is 11.1. The van der Waals surface area contributed by atoms with Crippen molar-refractivity contribution in [3.05, 3.63) is 36.2 Å². The second-order valence-electron chi connectivity index (χ2n) is 5.87. The van der Waals surface area contributed by atoms with Gasteiger partial charge in [0.1, 0.15) is 5.82 Å². The Labute approximate surface area is 140 Å². The summed E-state index contributed by atoms with van der Waals surface area (Å²) in [6, 6.07) is 5.40. The van der Waals surface area contributed by atoms with Crippen LogP contribution >= 0.6 is 11.8 Å². The van der Waals surface area contributed by atoms with Gasteiger partial charge in [0.15, 0.2) is 5.82 Å². The third-order valence-corrected chi connectivity index (χ3v) is 5.69. The number of rotatable bonds is 5. The van der Waals surface area contributed by atoms with E-state index in [1.165, 1.54) is 19.3 Å². The maximum atomic E-state index is 12.2. The van der Waals surface area contributed by atoms with Gasteiger partial charge in [0.2, 0.25) is 0 Å². The minimum Gasteiger partial charge on any atom is -0.336 e. The molecule has 2 N–H and O–H groups in total. The number of thioether (sulfide) groups is 1. The SMILES string of the molecule is CSC1(CNC(=O)Nc2ccnn2-c2cc(C)ccn2)CCC1. The third kappa shape index (κ3) is 3.50. The van der Waals surface area contributed by atoms with E-state index in [1.807, 2.05) is 30.8 Å². The van der Waals surface area contributed by atoms with Gasteiger partial charge in [0.25, 0.3) is 0 Å². The predicted molar refractivity (Wildman–Crippen MR) is 93.2 cm³/mol. The second kappa shape index (κ2) is 6.62. The molecule has 2 heterocycles. The van der Waals surface area contributed by atoms with Gasteiger partial charge in [-0.2, -0.15) is 21.5 Å². The number of anilines is 1. The summed E-state index contributed by atoms with van der Waals surface area (Å²) in [4.78, 5) is 16.5. The van der Waals surface area contributed by atoms with Crippen molar-refractivity contribution in [2.45, 2.75) is 30.9 Å². The Morgan fingerprint density at radius 1 is 1.39 bits per heavy atom. The van der Waals surface area contributed by atoms with E-state index in [0.717, 1.165) is 5.56 Å². The number of hydrogen-bond donors (Lipinski definition) is 2. The molecule has 1 fully saturated rings. The Morgan fingerprint density at radius 3 is 2.87 bits per heavy atom. The number of pyridine rings is 1. The van der Waals surface area contributed by atoms with Gasteiger partial charge >= 0.3 is 6.03 Å². The number of carbonyl (C=O) groups is 1. The van der Waals surface area contributed by atoms with E-state index in [1.54, 1.807) is 23.1 Å². The molecule has 0 atom stereocenters. The van der Waals surface area contributed by atoms with Gasteiger partial charge in [0.05, 0.1) is 6.20 Å². The molecule has 2 amide bonds. The van der Waals surface area contributed by atoms with Crippen LogP contribution in [-0.2, 0) is 0 Å². The first-order valence-electron chi connectivity index (χ1n) is 7.69. The molecule has 7 heteroatoms. The molecule has 2 aromatic rings. The summed E-state index contributed by atoms with van der Waals surface area (Å²) < 4.78 is 1.84. The van der Waals surface area contributed by atoms with Crippen LogP contribution in [0.2, 0.25) is 0 Å². The van der Waals surface area contributed by atoms with Crippen molar-refractivity contribution in [2.24, 2.45) is 0 Å². The maximum absolute atomic E-state index is 12.2. The number of nitrogens with zero attached hydrogens (tertiary/aromatic N) is 3. The van der Waals surface area contributed by atoms with E-state index in [-0.39, 0.29) is 10.8 Å². The highest BCUT2D eigenvalue weighted by molar-refractivity contribution is 8.00. The molecule has 0 spiro atoms. The highest BCUT2D eigenvalue weighted by Gasteiger charge is 2.36. The normalized spacial score (nSPS) is 15.7. The van der Waals surface area contributed by atoms with Crippen LogP contribution < -0.4 is 10.6 Å². The van der Waals surface area contributed by atoms with Crippen LogP contribution in [0.3, 0.4) is 0 Å². The zero-order valence-electron chi connectivity index (χ0n) is 13.4. The number of carbonyl (C=O) groups excluding carboxylic acids is 1. The van der Waals surface area contributed by atoms with Gasteiger partial charge in [-0.15, -0.1) is 0 Å². The topological polar surface area (TPSA) is 71.8 Å². The molecule has 0 bridgehead atoms. The standard InChI is InChI=1S/C16H21N5OS/c1-12-4-8-17-14(10-12)21-13(5-9-19-21)20-15(22)18-11-16(23-2)6-3-7-16/h4-5,8-10H,3,6-7,11H2,1-2H3,(H2,18,20,22). The van der Waals surface area contributed by atoms with Gasteiger partial charge in [-0.05, 0) is 43.7 Å². The summed E-state index contributed by atoms with van der Waals surface area (Å²) >= 11 is 1.84. The first-order valence-corrected chi connectivity index (χ1v) is 8.91. The van der Waals surface area contributed by atoms with Crippen LogP contribution in [0.4, 0.5) is 10.6 Å². The molecule has 0 aliphatic heterocycles. The average molecular weight is 331 g/mol. The number of hydrogen-bond acceptors (Lipinski definition) is 4. The first kappa shape index (κ1) is 15.9.